The number of nitrogens with zero attached hydrogens (tertiary/aromatic N) is 1. The van der Waals surface area contributed by atoms with Crippen LogP contribution in [0.25, 0.3) is 0 Å². The summed E-state index contributed by atoms with van der Waals surface area (Å²) >= 11 is 1.19. The summed E-state index contributed by atoms with van der Waals surface area (Å²) in [5, 5.41) is 23.8. The third-order valence-electron chi connectivity index (χ3n) is 3.10. The number of thiophene rings is 1. The fourth-order valence-electron chi connectivity index (χ4n) is 2.14. The van der Waals surface area contributed by atoms with Crippen LogP contribution in [0, 0.1) is 10.1 Å². The smallest absolute Gasteiger partial charge is 0.324 e. The maximum atomic E-state index is 10.5. The van der Waals surface area contributed by atoms with Gasteiger partial charge >= 0.3 is 5.00 Å². The third kappa shape index (κ3) is 3.24. The fourth-order valence-corrected chi connectivity index (χ4v) is 2.91. The van der Waals surface area contributed by atoms with Crippen LogP contribution in [0.4, 0.5) is 5.00 Å². The van der Waals surface area contributed by atoms with E-state index in [1.165, 1.54) is 17.4 Å². The highest BCUT2D eigenvalue weighted by Crippen LogP contribution is 2.24. The summed E-state index contributed by atoms with van der Waals surface area (Å²) in [5.41, 5.74) is 0. The van der Waals surface area contributed by atoms with Gasteiger partial charge in [0.15, 0.2) is 0 Å². The molecular weight excluding hydrogens is 240 g/mol. The first-order valence-electron chi connectivity index (χ1n) is 5.81. The summed E-state index contributed by atoms with van der Waals surface area (Å²) in [5.74, 6) is 0. The second-order valence-corrected chi connectivity index (χ2v) is 5.48. The molecule has 2 N–H and O–H groups in total. The molecule has 0 bridgehead atoms. The van der Waals surface area contributed by atoms with Crippen LogP contribution in [0.5, 0.6) is 0 Å². The van der Waals surface area contributed by atoms with Gasteiger partial charge in [-0.3, -0.25) is 10.1 Å². The first-order valence-corrected chi connectivity index (χ1v) is 6.63. The van der Waals surface area contributed by atoms with Crippen LogP contribution in [0.1, 0.15) is 30.6 Å². The zero-order chi connectivity index (χ0) is 12.3. The van der Waals surface area contributed by atoms with Gasteiger partial charge in [-0.05, 0) is 18.9 Å². The van der Waals surface area contributed by atoms with Gasteiger partial charge in [-0.25, -0.2) is 0 Å². The van der Waals surface area contributed by atoms with Crippen molar-refractivity contribution in [2.45, 2.75) is 44.4 Å². The van der Waals surface area contributed by atoms with Crippen molar-refractivity contribution < 1.29 is 10.0 Å². The van der Waals surface area contributed by atoms with Gasteiger partial charge in [-0.2, -0.15) is 0 Å². The Bertz CT molecular complexity index is 394. The molecule has 2 rings (SSSR count). The second-order valence-electron chi connectivity index (χ2n) is 4.34. The Morgan fingerprint density at radius 1 is 1.47 bits per heavy atom. The lowest BCUT2D eigenvalue weighted by molar-refractivity contribution is -0.380. The van der Waals surface area contributed by atoms with E-state index in [1.54, 1.807) is 6.07 Å². The Kier molecular flexibility index (Phi) is 4.09. The lowest BCUT2D eigenvalue weighted by Gasteiger charge is -2.28. The Morgan fingerprint density at radius 3 is 2.88 bits per heavy atom. The van der Waals surface area contributed by atoms with Crippen molar-refractivity contribution in [2.24, 2.45) is 0 Å². The van der Waals surface area contributed by atoms with Gasteiger partial charge < -0.3 is 10.4 Å². The molecule has 1 fully saturated rings. The highest BCUT2D eigenvalue weighted by molar-refractivity contribution is 7.15. The molecule has 1 heterocycles. The summed E-state index contributed by atoms with van der Waals surface area (Å²) in [6.07, 6.45) is 3.78. The normalized spacial score (nSPS) is 24.8. The molecule has 0 aromatic carbocycles. The molecule has 0 spiro atoms. The Hall–Kier alpha value is -0.980. The maximum absolute atomic E-state index is 10.5. The van der Waals surface area contributed by atoms with Gasteiger partial charge in [-0.1, -0.05) is 24.2 Å². The molecule has 1 aromatic rings. The van der Waals surface area contributed by atoms with E-state index in [0.717, 1.165) is 30.6 Å². The number of hydrogen-bond donors (Lipinski definition) is 2. The molecule has 0 amide bonds. The van der Waals surface area contributed by atoms with Gasteiger partial charge in [0.25, 0.3) is 0 Å². The van der Waals surface area contributed by atoms with Crippen molar-refractivity contribution in [3.05, 3.63) is 27.1 Å². The minimum Gasteiger partial charge on any atom is -0.392 e. The van der Waals surface area contributed by atoms with Gasteiger partial charge in [0.2, 0.25) is 0 Å². The summed E-state index contributed by atoms with van der Waals surface area (Å²) in [7, 11) is 0. The quantitative estimate of drug-likeness (QED) is 0.638. The third-order valence-corrected chi connectivity index (χ3v) is 4.13. The van der Waals surface area contributed by atoms with Crippen molar-refractivity contribution >= 4 is 16.3 Å². The number of nitro groups is 1. The number of rotatable bonds is 4. The zero-order valence-corrected chi connectivity index (χ0v) is 10.3. The van der Waals surface area contributed by atoms with E-state index < -0.39 is 0 Å². The maximum Gasteiger partial charge on any atom is 0.324 e. The topological polar surface area (TPSA) is 75.4 Å². The fraction of sp³-hybridized carbons (Fsp3) is 0.636. The molecular formula is C11H16N2O3S. The Labute approximate surface area is 104 Å². The molecule has 5 nitrogen and oxygen atoms in total. The van der Waals surface area contributed by atoms with Crippen LogP contribution in [-0.2, 0) is 6.54 Å². The van der Waals surface area contributed by atoms with E-state index in [9.17, 15) is 15.2 Å². The number of hydrogen-bond acceptors (Lipinski definition) is 5. The second kappa shape index (κ2) is 5.57. The van der Waals surface area contributed by atoms with Crippen LogP contribution >= 0.6 is 11.3 Å². The number of aliphatic hydroxyl groups is 1. The number of aliphatic hydroxyl groups excluding tert-OH is 1. The van der Waals surface area contributed by atoms with Crippen LogP contribution < -0.4 is 5.32 Å². The van der Waals surface area contributed by atoms with E-state index in [0.29, 0.717) is 6.54 Å². The summed E-state index contributed by atoms with van der Waals surface area (Å²) < 4.78 is 0. The lowest BCUT2D eigenvalue weighted by atomic mass is 9.92. The Balaban J connectivity index is 1.86. The minimum absolute atomic E-state index is 0.130. The Morgan fingerprint density at radius 2 is 2.24 bits per heavy atom. The van der Waals surface area contributed by atoms with Crippen molar-refractivity contribution in [1.82, 2.24) is 5.32 Å². The first-order chi connectivity index (χ1) is 8.16. The highest BCUT2D eigenvalue weighted by Gasteiger charge is 2.22. The van der Waals surface area contributed by atoms with Crippen LogP contribution in [0.15, 0.2) is 12.1 Å². The largest absolute Gasteiger partial charge is 0.392 e. The predicted molar refractivity (Wildman–Crippen MR) is 66.1 cm³/mol. The monoisotopic (exact) mass is 256 g/mol. The number of nitrogens with one attached hydrogen (secondary N) is 1. The summed E-state index contributed by atoms with van der Waals surface area (Å²) in [4.78, 5) is 11.1. The SMILES string of the molecule is O=[N+]([O-])c1ccc(CNC2CCCCC2O)s1. The molecule has 1 aliphatic carbocycles. The van der Waals surface area contributed by atoms with E-state index in [4.69, 9.17) is 0 Å². The van der Waals surface area contributed by atoms with Gasteiger partial charge in [0.05, 0.1) is 11.0 Å². The van der Waals surface area contributed by atoms with Crippen molar-refractivity contribution in [1.29, 1.82) is 0 Å². The van der Waals surface area contributed by atoms with E-state index in [1.807, 2.05) is 0 Å². The molecule has 0 aliphatic heterocycles. The average molecular weight is 256 g/mol. The van der Waals surface area contributed by atoms with Crippen molar-refractivity contribution in [2.75, 3.05) is 0 Å². The predicted octanol–water partition coefficient (Wildman–Crippen LogP) is 2.05. The van der Waals surface area contributed by atoms with E-state index >= 15 is 0 Å². The van der Waals surface area contributed by atoms with E-state index in [-0.39, 0.29) is 22.1 Å². The van der Waals surface area contributed by atoms with Gasteiger partial charge in [-0.15, -0.1) is 0 Å². The molecule has 2 atom stereocenters. The molecule has 1 aromatic heterocycles. The summed E-state index contributed by atoms with van der Waals surface area (Å²) in [6, 6.07) is 3.43. The van der Waals surface area contributed by atoms with Gasteiger partial charge in [0, 0.05) is 23.5 Å². The molecule has 17 heavy (non-hydrogen) atoms. The highest BCUT2D eigenvalue weighted by atomic mass is 32.1. The molecule has 94 valence electrons. The lowest BCUT2D eigenvalue weighted by Crippen LogP contribution is -2.41. The first kappa shape index (κ1) is 12.5. The van der Waals surface area contributed by atoms with E-state index in [2.05, 4.69) is 5.32 Å². The average Bonchev–Trinajstić information content (AvgIpc) is 2.77. The molecule has 6 heteroatoms. The van der Waals surface area contributed by atoms with Crippen LogP contribution in [0.2, 0.25) is 0 Å². The molecule has 1 aliphatic rings. The van der Waals surface area contributed by atoms with Gasteiger partial charge in [0.1, 0.15) is 0 Å². The molecule has 2 unspecified atom stereocenters. The van der Waals surface area contributed by atoms with Crippen LogP contribution in [0.3, 0.4) is 0 Å². The van der Waals surface area contributed by atoms with Crippen LogP contribution in [-0.4, -0.2) is 22.2 Å². The molecule has 0 radical (unpaired) electrons. The molecule has 1 saturated carbocycles. The molecule has 0 saturated heterocycles. The zero-order valence-electron chi connectivity index (χ0n) is 9.46. The van der Waals surface area contributed by atoms with Crippen molar-refractivity contribution in [3.63, 3.8) is 0 Å². The minimum atomic E-state index is -0.371. The summed E-state index contributed by atoms with van der Waals surface area (Å²) in [6.45, 7) is 0.597. The van der Waals surface area contributed by atoms with Crippen molar-refractivity contribution in [3.8, 4) is 0 Å². The standard InChI is InChI=1S/C11H16N2O3S/c14-10-4-2-1-3-9(10)12-7-8-5-6-11(17-8)13(15)16/h5-6,9-10,12,14H,1-4,7H2.